The number of hydrogen-bond donors (Lipinski definition) is 2. The molecular formula is C11H13BrN4OS. The number of halogens is 1. The summed E-state index contributed by atoms with van der Waals surface area (Å²) in [6, 6.07) is 2.05. The molecule has 0 radical (unpaired) electrons. The molecule has 0 unspecified atom stereocenters. The van der Waals surface area contributed by atoms with Crippen molar-refractivity contribution in [1.29, 1.82) is 0 Å². The number of aromatic nitrogens is 2. The molecular weight excluding hydrogens is 316 g/mol. The molecule has 0 aliphatic heterocycles. The molecule has 0 aliphatic rings. The van der Waals surface area contributed by atoms with Crippen LogP contribution in [0.2, 0.25) is 0 Å². The molecule has 2 heterocycles. The predicted octanol–water partition coefficient (Wildman–Crippen LogP) is 2.89. The Kier molecular flexibility index (Phi) is 4.38. The van der Waals surface area contributed by atoms with Crippen LogP contribution in [0.1, 0.15) is 11.8 Å². The van der Waals surface area contributed by atoms with Crippen LogP contribution in [0, 0.1) is 0 Å². The molecule has 0 spiro atoms. The molecule has 0 amide bonds. The van der Waals surface area contributed by atoms with Crippen LogP contribution in [0.5, 0.6) is 5.88 Å². The molecule has 2 rings (SSSR count). The zero-order valence-electron chi connectivity index (χ0n) is 9.81. The van der Waals surface area contributed by atoms with E-state index in [-0.39, 0.29) is 0 Å². The van der Waals surface area contributed by atoms with Gasteiger partial charge in [0.15, 0.2) is 5.82 Å². The zero-order chi connectivity index (χ0) is 13.0. The highest BCUT2D eigenvalue weighted by Crippen LogP contribution is 2.26. The van der Waals surface area contributed by atoms with Crippen molar-refractivity contribution >= 4 is 38.8 Å². The van der Waals surface area contributed by atoms with Gasteiger partial charge in [-0.05, 0) is 28.9 Å². The van der Waals surface area contributed by atoms with E-state index in [0.717, 1.165) is 4.47 Å². The lowest BCUT2D eigenvalue weighted by atomic mass is 10.4. The number of anilines is 2. The van der Waals surface area contributed by atoms with Crippen LogP contribution in [0.3, 0.4) is 0 Å². The average Bonchev–Trinajstić information content (AvgIpc) is 2.77. The lowest BCUT2D eigenvalue weighted by Gasteiger charge is -2.10. The summed E-state index contributed by atoms with van der Waals surface area (Å²) >= 11 is 5.08. The minimum Gasteiger partial charge on any atom is -0.476 e. The normalized spacial score (nSPS) is 10.3. The Morgan fingerprint density at radius 1 is 1.50 bits per heavy atom. The fourth-order valence-corrected chi connectivity index (χ4v) is 2.78. The molecule has 96 valence electrons. The second kappa shape index (κ2) is 6.01. The van der Waals surface area contributed by atoms with Gasteiger partial charge in [-0.15, -0.1) is 11.3 Å². The third-order valence-electron chi connectivity index (χ3n) is 2.18. The summed E-state index contributed by atoms with van der Waals surface area (Å²) in [5, 5.41) is 5.21. The first-order chi connectivity index (χ1) is 8.70. The van der Waals surface area contributed by atoms with Gasteiger partial charge in [0, 0.05) is 14.7 Å². The number of nitrogen functional groups attached to an aromatic ring is 1. The molecule has 7 heteroatoms. The summed E-state index contributed by atoms with van der Waals surface area (Å²) in [6.45, 7) is 3.08. The third kappa shape index (κ3) is 3.11. The summed E-state index contributed by atoms with van der Waals surface area (Å²) in [6.07, 6.45) is 1.44. The number of ether oxygens (including phenoxy) is 1. The minimum atomic E-state index is 0.419. The molecule has 0 fully saturated rings. The van der Waals surface area contributed by atoms with Gasteiger partial charge in [-0.25, -0.2) is 4.98 Å². The molecule has 0 saturated carbocycles. The lowest BCUT2D eigenvalue weighted by molar-refractivity contribution is 0.328. The van der Waals surface area contributed by atoms with Gasteiger partial charge >= 0.3 is 0 Å². The van der Waals surface area contributed by atoms with E-state index in [4.69, 9.17) is 10.5 Å². The SMILES string of the molecule is CCOc1ncnc(NCc2cc(Br)cs2)c1N. The first kappa shape index (κ1) is 13.1. The van der Waals surface area contributed by atoms with Gasteiger partial charge in [0.25, 0.3) is 0 Å². The molecule has 0 aromatic carbocycles. The monoisotopic (exact) mass is 328 g/mol. The fourth-order valence-electron chi connectivity index (χ4n) is 1.39. The topological polar surface area (TPSA) is 73.1 Å². The van der Waals surface area contributed by atoms with E-state index >= 15 is 0 Å². The van der Waals surface area contributed by atoms with E-state index in [9.17, 15) is 0 Å². The maximum absolute atomic E-state index is 5.92. The van der Waals surface area contributed by atoms with Gasteiger partial charge in [0.1, 0.15) is 12.0 Å². The maximum atomic E-state index is 5.92. The quantitative estimate of drug-likeness (QED) is 0.882. The Hall–Kier alpha value is -1.34. The van der Waals surface area contributed by atoms with Gasteiger partial charge in [-0.1, -0.05) is 0 Å². The van der Waals surface area contributed by atoms with Crippen LogP contribution in [0.25, 0.3) is 0 Å². The van der Waals surface area contributed by atoms with Crippen molar-refractivity contribution in [1.82, 2.24) is 9.97 Å². The van der Waals surface area contributed by atoms with E-state index in [0.29, 0.717) is 30.5 Å². The second-order valence-electron chi connectivity index (χ2n) is 3.46. The van der Waals surface area contributed by atoms with E-state index in [1.165, 1.54) is 11.2 Å². The molecule has 5 nitrogen and oxygen atoms in total. The fraction of sp³-hybridized carbons (Fsp3) is 0.273. The Balaban J connectivity index is 2.07. The van der Waals surface area contributed by atoms with Crippen LogP contribution in [0.4, 0.5) is 11.5 Å². The highest BCUT2D eigenvalue weighted by atomic mass is 79.9. The largest absolute Gasteiger partial charge is 0.476 e. The van der Waals surface area contributed by atoms with Gasteiger partial charge in [-0.2, -0.15) is 4.98 Å². The van der Waals surface area contributed by atoms with E-state index in [1.807, 2.05) is 12.3 Å². The number of nitrogens with one attached hydrogen (secondary N) is 1. The Morgan fingerprint density at radius 2 is 2.33 bits per heavy atom. The molecule has 0 bridgehead atoms. The van der Waals surface area contributed by atoms with Crippen LogP contribution in [0.15, 0.2) is 22.2 Å². The second-order valence-corrected chi connectivity index (χ2v) is 5.37. The summed E-state index contributed by atoms with van der Waals surface area (Å²) in [4.78, 5) is 9.29. The molecule has 2 aromatic rings. The number of nitrogens with two attached hydrogens (primary N) is 1. The first-order valence-electron chi connectivity index (χ1n) is 5.40. The Morgan fingerprint density at radius 3 is 3.00 bits per heavy atom. The molecule has 18 heavy (non-hydrogen) atoms. The summed E-state index contributed by atoms with van der Waals surface area (Å²) < 4.78 is 6.39. The van der Waals surface area contributed by atoms with E-state index in [2.05, 4.69) is 37.3 Å². The van der Waals surface area contributed by atoms with Crippen LogP contribution in [-0.2, 0) is 6.54 Å². The number of nitrogens with zero attached hydrogens (tertiary/aromatic N) is 2. The van der Waals surface area contributed by atoms with E-state index in [1.54, 1.807) is 11.3 Å². The molecule has 0 saturated heterocycles. The minimum absolute atomic E-state index is 0.419. The number of hydrogen-bond acceptors (Lipinski definition) is 6. The van der Waals surface area contributed by atoms with Crippen molar-refractivity contribution in [2.75, 3.05) is 17.7 Å². The van der Waals surface area contributed by atoms with Crippen molar-refractivity contribution in [3.63, 3.8) is 0 Å². The van der Waals surface area contributed by atoms with Gasteiger partial charge in [-0.3, -0.25) is 0 Å². The van der Waals surface area contributed by atoms with Crippen molar-refractivity contribution in [3.05, 3.63) is 27.1 Å². The standard InChI is InChI=1S/C11H13BrN4OS/c1-2-17-11-9(13)10(15-6-16-11)14-4-8-3-7(12)5-18-8/h3,5-6H,2,4,13H2,1H3,(H,14,15,16). The lowest BCUT2D eigenvalue weighted by Crippen LogP contribution is -2.07. The highest BCUT2D eigenvalue weighted by Gasteiger charge is 2.08. The average molecular weight is 329 g/mol. The van der Waals surface area contributed by atoms with Crippen molar-refractivity contribution in [3.8, 4) is 5.88 Å². The van der Waals surface area contributed by atoms with Crippen LogP contribution >= 0.6 is 27.3 Å². The zero-order valence-corrected chi connectivity index (χ0v) is 12.2. The van der Waals surface area contributed by atoms with E-state index < -0.39 is 0 Å². The van der Waals surface area contributed by atoms with Gasteiger partial charge in [0.2, 0.25) is 5.88 Å². The Labute approximate surface area is 118 Å². The van der Waals surface area contributed by atoms with Gasteiger partial charge < -0.3 is 15.8 Å². The molecule has 0 aliphatic carbocycles. The molecule has 3 N–H and O–H groups in total. The maximum Gasteiger partial charge on any atom is 0.242 e. The third-order valence-corrected chi connectivity index (χ3v) is 3.88. The summed E-state index contributed by atoms with van der Waals surface area (Å²) in [5.74, 6) is 1.01. The number of thiophene rings is 1. The summed E-state index contributed by atoms with van der Waals surface area (Å²) in [5.41, 5.74) is 6.36. The highest BCUT2D eigenvalue weighted by molar-refractivity contribution is 9.10. The van der Waals surface area contributed by atoms with Crippen molar-refractivity contribution in [2.45, 2.75) is 13.5 Å². The van der Waals surface area contributed by atoms with Crippen molar-refractivity contribution in [2.24, 2.45) is 0 Å². The summed E-state index contributed by atoms with van der Waals surface area (Å²) in [7, 11) is 0. The van der Waals surface area contributed by atoms with Crippen molar-refractivity contribution < 1.29 is 4.74 Å². The predicted molar refractivity (Wildman–Crippen MR) is 77.0 cm³/mol. The Bertz CT molecular complexity index is 532. The van der Waals surface area contributed by atoms with Crippen LogP contribution < -0.4 is 15.8 Å². The smallest absolute Gasteiger partial charge is 0.242 e. The molecule has 2 aromatic heterocycles. The molecule has 0 atom stereocenters. The van der Waals surface area contributed by atoms with Crippen LogP contribution in [-0.4, -0.2) is 16.6 Å². The first-order valence-corrected chi connectivity index (χ1v) is 7.08. The number of rotatable bonds is 5. The van der Waals surface area contributed by atoms with Gasteiger partial charge in [0.05, 0.1) is 13.2 Å².